The van der Waals surface area contributed by atoms with Crippen molar-refractivity contribution >= 4 is 11.4 Å². The molecule has 0 aromatic heterocycles. The molecule has 172 valence electrons. The maximum atomic E-state index is 9.03. The minimum atomic E-state index is -0.340. The Morgan fingerprint density at radius 2 is 1.21 bits per heavy atom. The molecule has 0 aromatic rings. The van der Waals surface area contributed by atoms with Crippen molar-refractivity contribution in [3.05, 3.63) is 0 Å². The van der Waals surface area contributed by atoms with E-state index in [0.717, 1.165) is 45.8 Å². The minimum absolute atomic E-state index is 0.340. The van der Waals surface area contributed by atoms with Crippen molar-refractivity contribution in [2.45, 2.75) is 78.8 Å². The van der Waals surface area contributed by atoms with Crippen LogP contribution in [0.3, 0.4) is 0 Å². The number of nitrogens with one attached hydrogen (secondary N) is 3. The fourth-order valence-corrected chi connectivity index (χ4v) is 2.76. The molecule has 5 N–H and O–H groups in total. The van der Waals surface area contributed by atoms with Gasteiger partial charge in [-0.1, -0.05) is 30.1 Å². The smallest absolute Gasteiger partial charge is 0.0734 e. The van der Waals surface area contributed by atoms with E-state index < -0.39 is 0 Å². The number of hydrogen-bond acceptors (Lipinski definition) is 8. The van der Waals surface area contributed by atoms with Gasteiger partial charge in [0.1, 0.15) is 0 Å². The van der Waals surface area contributed by atoms with Gasteiger partial charge in [0, 0.05) is 39.3 Å². The third kappa shape index (κ3) is 12.2. The number of unbranched alkanes of at least 4 members (excludes halogenated alkanes) is 2. The summed E-state index contributed by atoms with van der Waals surface area (Å²) < 4.78 is 0. The van der Waals surface area contributed by atoms with Crippen molar-refractivity contribution in [3.63, 3.8) is 0 Å². The Hall–Kier alpha value is -1.22. The van der Waals surface area contributed by atoms with E-state index in [1.165, 1.54) is 19.3 Å². The zero-order valence-corrected chi connectivity index (χ0v) is 19.8. The monoisotopic (exact) mass is 414 g/mol. The summed E-state index contributed by atoms with van der Waals surface area (Å²) in [7, 11) is 0. The van der Waals surface area contributed by atoms with Gasteiger partial charge < -0.3 is 26.4 Å². The summed E-state index contributed by atoms with van der Waals surface area (Å²) in [6.07, 6.45) is 3.73. The first-order valence-corrected chi connectivity index (χ1v) is 10.9. The molecule has 0 aliphatic rings. The van der Waals surface area contributed by atoms with E-state index in [1.54, 1.807) is 0 Å². The first-order chi connectivity index (χ1) is 13.6. The zero-order chi connectivity index (χ0) is 22.3. The summed E-state index contributed by atoms with van der Waals surface area (Å²) in [4.78, 5) is 2.41. The molecule has 0 bridgehead atoms. The normalized spacial score (nSPS) is 14.1. The van der Waals surface area contributed by atoms with Crippen LogP contribution < -0.4 is 16.0 Å². The number of rotatable bonds is 17. The summed E-state index contributed by atoms with van der Waals surface area (Å²) in [5, 5.41) is 35.2. The number of nitrogens with zero attached hydrogens (tertiary/aromatic N) is 3. The van der Waals surface area contributed by atoms with Crippen LogP contribution in [0.15, 0.2) is 10.3 Å². The molecule has 0 aromatic carbocycles. The van der Waals surface area contributed by atoms with E-state index in [2.05, 4.69) is 38.1 Å². The standard InChI is InChI=1S/C21H46N6O2/c1-8-9-10-11-22-12-15-27(16-13-23-20(4,5)18(2)25-28)17-14-24-21(6,7)19(3)26-29/h22-24,28-29H,8-17H2,1-7H3/b25-18-,26-19-. The summed E-state index contributed by atoms with van der Waals surface area (Å²) in [5.74, 6) is 0. The summed E-state index contributed by atoms with van der Waals surface area (Å²) >= 11 is 0. The predicted molar refractivity (Wildman–Crippen MR) is 123 cm³/mol. The molecular weight excluding hydrogens is 368 g/mol. The lowest BCUT2D eigenvalue weighted by atomic mass is 9.99. The van der Waals surface area contributed by atoms with E-state index in [4.69, 9.17) is 10.4 Å². The highest BCUT2D eigenvalue weighted by molar-refractivity contribution is 5.90. The number of hydrogen-bond donors (Lipinski definition) is 5. The van der Waals surface area contributed by atoms with Crippen molar-refractivity contribution in [2.75, 3.05) is 45.8 Å². The second kappa shape index (κ2) is 14.7. The van der Waals surface area contributed by atoms with E-state index in [9.17, 15) is 0 Å². The second-order valence-corrected chi connectivity index (χ2v) is 8.77. The zero-order valence-electron chi connectivity index (χ0n) is 19.8. The molecule has 0 saturated carbocycles. The summed E-state index contributed by atoms with van der Waals surface area (Å²) in [5.41, 5.74) is 0.661. The van der Waals surface area contributed by atoms with Crippen LogP contribution in [0.5, 0.6) is 0 Å². The fraction of sp³-hybridized carbons (Fsp3) is 0.905. The van der Waals surface area contributed by atoms with E-state index >= 15 is 0 Å². The van der Waals surface area contributed by atoms with Crippen LogP contribution in [0, 0.1) is 0 Å². The Morgan fingerprint density at radius 3 is 1.62 bits per heavy atom. The summed E-state index contributed by atoms with van der Waals surface area (Å²) in [6.45, 7) is 20.3. The Labute approximate surface area is 178 Å². The first kappa shape index (κ1) is 27.8. The largest absolute Gasteiger partial charge is 0.411 e. The second-order valence-electron chi connectivity index (χ2n) is 8.77. The Bertz CT molecular complexity index is 456. The molecule has 0 atom stereocenters. The Balaban J connectivity index is 4.56. The summed E-state index contributed by atoms with van der Waals surface area (Å²) in [6, 6.07) is 0. The molecule has 0 aliphatic carbocycles. The van der Waals surface area contributed by atoms with Crippen LogP contribution >= 0.6 is 0 Å². The highest BCUT2D eigenvalue weighted by atomic mass is 16.4. The van der Waals surface area contributed by atoms with Crippen molar-refractivity contribution in [3.8, 4) is 0 Å². The van der Waals surface area contributed by atoms with Gasteiger partial charge in [0.25, 0.3) is 0 Å². The van der Waals surface area contributed by atoms with Crippen molar-refractivity contribution < 1.29 is 10.4 Å². The van der Waals surface area contributed by atoms with Gasteiger partial charge in [0.05, 0.1) is 22.5 Å². The lowest BCUT2D eigenvalue weighted by molar-refractivity contribution is 0.257. The molecule has 29 heavy (non-hydrogen) atoms. The topological polar surface area (TPSA) is 105 Å². The van der Waals surface area contributed by atoms with Gasteiger partial charge in [-0.05, 0) is 54.5 Å². The molecule has 8 nitrogen and oxygen atoms in total. The van der Waals surface area contributed by atoms with Gasteiger partial charge >= 0.3 is 0 Å². The molecule has 0 spiro atoms. The SMILES string of the molecule is CCCCCNCCN(CCNC(C)(C)/C(C)=N\O)CCNC(C)(C)/C(C)=N\O. The van der Waals surface area contributed by atoms with Gasteiger partial charge in [0.15, 0.2) is 0 Å². The molecule has 0 fully saturated rings. The molecule has 0 radical (unpaired) electrons. The number of oxime groups is 2. The van der Waals surface area contributed by atoms with Crippen LogP contribution in [-0.4, -0.2) is 83.6 Å². The van der Waals surface area contributed by atoms with E-state index in [0.29, 0.717) is 11.4 Å². The molecule has 0 aliphatic heterocycles. The third-order valence-corrected chi connectivity index (χ3v) is 5.66. The van der Waals surface area contributed by atoms with Crippen LogP contribution in [0.1, 0.15) is 67.7 Å². The molecule has 0 unspecified atom stereocenters. The van der Waals surface area contributed by atoms with Gasteiger partial charge in [-0.3, -0.25) is 4.90 Å². The van der Waals surface area contributed by atoms with E-state index in [1.807, 2.05) is 41.5 Å². The van der Waals surface area contributed by atoms with Crippen molar-refractivity contribution in [1.82, 2.24) is 20.9 Å². The molecule has 8 heteroatoms. The lowest BCUT2D eigenvalue weighted by Gasteiger charge is -2.30. The van der Waals surface area contributed by atoms with Gasteiger partial charge in [-0.25, -0.2) is 0 Å². The average Bonchev–Trinajstić information content (AvgIpc) is 2.68. The molecule has 0 saturated heterocycles. The van der Waals surface area contributed by atoms with Crippen LogP contribution in [0.2, 0.25) is 0 Å². The van der Waals surface area contributed by atoms with E-state index in [-0.39, 0.29) is 11.1 Å². The predicted octanol–water partition coefficient (Wildman–Crippen LogP) is 2.50. The van der Waals surface area contributed by atoms with Crippen molar-refractivity contribution in [1.29, 1.82) is 0 Å². The van der Waals surface area contributed by atoms with Crippen LogP contribution in [-0.2, 0) is 0 Å². The highest BCUT2D eigenvalue weighted by Gasteiger charge is 2.23. The van der Waals surface area contributed by atoms with Crippen LogP contribution in [0.25, 0.3) is 0 Å². The third-order valence-electron chi connectivity index (χ3n) is 5.66. The van der Waals surface area contributed by atoms with Gasteiger partial charge in [0.2, 0.25) is 0 Å². The first-order valence-electron chi connectivity index (χ1n) is 10.9. The lowest BCUT2D eigenvalue weighted by Crippen LogP contribution is -2.51. The van der Waals surface area contributed by atoms with Crippen molar-refractivity contribution in [2.24, 2.45) is 10.3 Å². The highest BCUT2D eigenvalue weighted by Crippen LogP contribution is 2.06. The Kier molecular flexibility index (Phi) is 14.1. The molecular formula is C21H46N6O2. The molecule has 0 heterocycles. The van der Waals surface area contributed by atoms with Gasteiger partial charge in [-0.15, -0.1) is 0 Å². The maximum absolute atomic E-state index is 9.03. The average molecular weight is 415 g/mol. The molecule has 0 rings (SSSR count). The Morgan fingerprint density at radius 1 is 0.759 bits per heavy atom. The fourth-order valence-electron chi connectivity index (χ4n) is 2.76. The molecule has 0 amide bonds. The van der Waals surface area contributed by atoms with Gasteiger partial charge in [-0.2, -0.15) is 0 Å². The minimum Gasteiger partial charge on any atom is -0.411 e. The quantitative estimate of drug-likeness (QED) is 0.108. The maximum Gasteiger partial charge on any atom is 0.0734 e. The van der Waals surface area contributed by atoms with Crippen LogP contribution in [0.4, 0.5) is 0 Å².